The molecule has 1 aromatic rings. The Morgan fingerprint density at radius 2 is 2.06 bits per heavy atom. The quantitative estimate of drug-likeness (QED) is 0.925. The van der Waals surface area contributed by atoms with Crippen molar-refractivity contribution in [2.24, 2.45) is 5.92 Å². The number of aromatic nitrogens is 1. The van der Waals surface area contributed by atoms with Gasteiger partial charge in [0.05, 0.1) is 0 Å². The van der Waals surface area contributed by atoms with E-state index in [1.54, 1.807) is 0 Å². The second-order valence-electron chi connectivity index (χ2n) is 4.95. The maximum atomic E-state index is 10.9. The fourth-order valence-electron chi connectivity index (χ4n) is 2.36. The third-order valence-electron chi connectivity index (χ3n) is 3.60. The van der Waals surface area contributed by atoms with E-state index < -0.39 is 5.97 Å². The monoisotopic (exact) mass is 288 g/mol. The average molecular weight is 289 g/mol. The van der Waals surface area contributed by atoms with Crippen molar-refractivity contribution >= 4 is 34.0 Å². The summed E-state index contributed by atoms with van der Waals surface area (Å²) in [7, 11) is 1.97. The van der Waals surface area contributed by atoms with Gasteiger partial charge in [-0.1, -0.05) is 29.9 Å². The molecule has 1 saturated carbocycles. The summed E-state index contributed by atoms with van der Waals surface area (Å²) < 4.78 is 0. The average Bonchev–Trinajstić information content (AvgIpc) is 2.71. The number of nitrogens with zero attached hydrogens (tertiary/aromatic N) is 2. The predicted molar refractivity (Wildman–Crippen MR) is 73.9 cm³/mol. The van der Waals surface area contributed by atoms with Gasteiger partial charge < -0.3 is 10.0 Å². The molecule has 1 aliphatic carbocycles. The molecule has 1 N–H and O–H groups in total. The Kier molecular flexibility index (Phi) is 4.12. The third-order valence-corrected chi connectivity index (χ3v) is 5.12. The molecule has 100 valence electrons. The van der Waals surface area contributed by atoms with Crippen LogP contribution >= 0.6 is 22.9 Å². The molecule has 6 heteroatoms. The number of halogens is 1. The molecular weight excluding hydrogens is 272 g/mol. The van der Waals surface area contributed by atoms with Crippen molar-refractivity contribution in [3.05, 3.63) is 10.0 Å². The van der Waals surface area contributed by atoms with Crippen LogP contribution in [0.25, 0.3) is 0 Å². The summed E-state index contributed by atoms with van der Waals surface area (Å²) in [6.45, 7) is 2.28. The summed E-state index contributed by atoms with van der Waals surface area (Å²) in [5, 5.41) is 9.77. The zero-order chi connectivity index (χ0) is 13.3. The van der Waals surface area contributed by atoms with E-state index in [-0.39, 0.29) is 10.0 Å². The van der Waals surface area contributed by atoms with Crippen molar-refractivity contribution < 1.29 is 9.90 Å². The van der Waals surface area contributed by atoms with E-state index in [0.29, 0.717) is 11.2 Å². The van der Waals surface area contributed by atoms with Gasteiger partial charge in [0.1, 0.15) is 0 Å². The van der Waals surface area contributed by atoms with Gasteiger partial charge in [0.2, 0.25) is 0 Å². The lowest BCUT2D eigenvalue weighted by Gasteiger charge is -2.33. The Morgan fingerprint density at radius 1 is 1.44 bits per heavy atom. The molecule has 1 aliphatic rings. The summed E-state index contributed by atoms with van der Waals surface area (Å²) >= 11 is 6.99. The van der Waals surface area contributed by atoms with Gasteiger partial charge in [0.25, 0.3) is 0 Å². The Labute approximate surface area is 116 Å². The minimum atomic E-state index is -1.01. The molecule has 0 aliphatic heterocycles. The maximum Gasteiger partial charge on any atom is 0.349 e. The van der Waals surface area contributed by atoms with Crippen LogP contribution in [-0.2, 0) is 0 Å². The number of thiazole rings is 1. The Hall–Kier alpha value is -0.810. The summed E-state index contributed by atoms with van der Waals surface area (Å²) in [5.41, 5.74) is 0. The first-order valence-electron chi connectivity index (χ1n) is 6.11. The fourth-order valence-corrected chi connectivity index (χ4v) is 3.52. The summed E-state index contributed by atoms with van der Waals surface area (Å²) in [6, 6.07) is 0.449. The number of carbonyl (C=O) groups is 1. The van der Waals surface area contributed by atoms with Crippen LogP contribution in [0.15, 0.2) is 0 Å². The van der Waals surface area contributed by atoms with Crippen LogP contribution in [0.2, 0.25) is 5.15 Å². The minimum absolute atomic E-state index is 0.0959. The number of carboxylic acids is 1. The predicted octanol–water partition coefficient (Wildman–Crippen LogP) is 3.51. The van der Waals surface area contributed by atoms with E-state index in [2.05, 4.69) is 16.8 Å². The van der Waals surface area contributed by atoms with Crippen LogP contribution in [0.1, 0.15) is 42.3 Å². The normalized spacial score (nSPS) is 23.9. The minimum Gasteiger partial charge on any atom is -0.477 e. The second kappa shape index (κ2) is 5.45. The number of anilines is 1. The van der Waals surface area contributed by atoms with Crippen molar-refractivity contribution in [2.75, 3.05) is 11.9 Å². The highest BCUT2D eigenvalue weighted by Gasteiger charge is 2.25. The smallest absolute Gasteiger partial charge is 0.349 e. The number of rotatable bonds is 3. The van der Waals surface area contributed by atoms with Crippen molar-refractivity contribution in [3.8, 4) is 0 Å². The van der Waals surface area contributed by atoms with Crippen molar-refractivity contribution in [3.63, 3.8) is 0 Å². The zero-order valence-corrected chi connectivity index (χ0v) is 12.1. The van der Waals surface area contributed by atoms with Gasteiger partial charge in [-0.05, 0) is 31.6 Å². The van der Waals surface area contributed by atoms with Gasteiger partial charge in [-0.3, -0.25) is 0 Å². The van der Waals surface area contributed by atoms with Gasteiger partial charge in [-0.25, -0.2) is 9.78 Å². The first-order chi connectivity index (χ1) is 8.49. The van der Waals surface area contributed by atoms with Crippen LogP contribution in [-0.4, -0.2) is 29.1 Å². The van der Waals surface area contributed by atoms with Gasteiger partial charge in [0, 0.05) is 13.1 Å². The third kappa shape index (κ3) is 2.78. The second-order valence-corrected chi connectivity index (χ2v) is 6.28. The zero-order valence-electron chi connectivity index (χ0n) is 10.5. The van der Waals surface area contributed by atoms with E-state index in [0.717, 1.165) is 30.1 Å². The molecule has 18 heavy (non-hydrogen) atoms. The summed E-state index contributed by atoms with van der Waals surface area (Å²) in [4.78, 5) is 17.3. The lowest BCUT2D eigenvalue weighted by atomic mass is 9.87. The SMILES string of the molecule is CC1CCC(N(C)c2nc(Cl)c(C(=O)O)s2)CC1. The van der Waals surface area contributed by atoms with E-state index in [1.165, 1.54) is 12.8 Å². The molecule has 0 unspecified atom stereocenters. The molecular formula is C12H17ClN2O2S. The Balaban J connectivity index is 2.11. The van der Waals surface area contributed by atoms with Crippen molar-refractivity contribution in [2.45, 2.75) is 38.6 Å². The van der Waals surface area contributed by atoms with Crippen LogP contribution in [0.5, 0.6) is 0 Å². The van der Waals surface area contributed by atoms with Crippen LogP contribution < -0.4 is 4.90 Å². The molecule has 0 spiro atoms. The fraction of sp³-hybridized carbons (Fsp3) is 0.667. The van der Waals surface area contributed by atoms with E-state index in [4.69, 9.17) is 16.7 Å². The molecule has 1 heterocycles. The molecule has 0 radical (unpaired) electrons. The lowest BCUT2D eigenvalue weighted by molar-refractivity contribution is 0.0702. The molecule has 0 bridgehead atoms. The summed E-state index contributed by atoms with van der Waals surface area (Å²) in [5.74, 6) is -0.210. The highest BCUT2D eigenvalue weighted by Crippen LogP contribution is 2.34. The van der Waals surface area contributed by atoms with Gasteiger partial charge in [0.15, 0.2) is 15.2 Å². The largest absolute Gasteiger partial charge is 0.477 e. The number of carboxylic acid groups (broad SMARTS) is 1. The lowest BCUT2D eigenvalue weighted by Crippen LogP contribution is -2.34. The van der Waals surface area contributed by atoms with Crippen LogP contribution in [0, 0.1) is 5.92 Å². The first-order valence-corrected chi connectivity index (χ1v) is 7.31. The Morgan fingerprint density at radius 3 is 2.56 bits per heavy atom. The van der Waals surface area contributed by atoms with Crippen LogP contribution in [0.3, 0.4) is 0 Å². The highest BCUT2D eigenvalue weighted by molar-refractivity contribution is 7.18. The van der Waals surface area contributed by atoms with Gasteiger partial charge in [-0.2, -0.15) is 0 Å². The molecule has 2 rings (SSSR count). The number of aromatic carboxylic acids is 1. The molecule has 1 fully saturated rings. The van der Waals surface area contributed by atoms with Crippen LogP contribution in [0.4, 0.5) is 5.13 Å². The molecule has 0 saturated heterocycles. The highest BCUT2D eigenvalue weighted by atomic mass is 35.5. The van der Waals surface area contributed by atoms with Crippen molar-refractivity contribution in [1.82, 2.24) is 4.98 Å². The van der Waals surface area contributed by atoms with Gasteiger partial charge in [-0.15, -0.1) is 0 Å². The molecule has 1 aromatic heterocycles. The van der Waals surface area contributed by atoms with Gasteiger partial charge >= 0.3 is 5.97 Å². The molecule has 0 amide bonds. The number of hydrogen-bond acceptors (Lipinski definition) is 4. The standard InChI is InChI=1S/C12H17ClN2O2S/c1-7-3-5-8(6-4-7)15(2)12-14-10(13)9(18-12)11(16)17/h7-8H,3-6H2,1-2H3,(H,16,17). The molecule has 0 atom stereocenters. The summed E-state index contributed by atoms with van der Waals surface area (Å²) in [6.07, 6.45) is 4.72. The first kappa shape index (κ1) is 13.6. The van der Waals surface area contributed by atoms with E-state index >= 15 is 0 Å². The molecule has 0 aromatic carbocycles. The van der Waals surface area contributed by atoms with E-state index in [9.17, 15) is 4.79 Å². The Bertz CT molecular complexity index is 441. The van der Waals surface area contributed by atoms with Crippen molar-refractivity contribution in [1.29, 1.82) is 0 Å². The number of hydrogen-bond donors (Lipinski definition) is 1. The molecule has 4 nitrogen and oxygen atoms in total. The maximum absolute atomic E-state index is 10.9. The topological polar surface area (TPSA) is 53.4 Å². The van der Waals surface area contributed by atoms with E-state index in [1.807, 2.05) is 7.05 Å².